The molecule has 0 saturated carbocycles. The van der Waals surface area contributed by atoms with Crippen LogP contribution in [0, 0.1) is 5.82 Å². The maximum atomic E-state index is 13.2. The molecule has 2 nitrogen and oxygen atoms in total. The van der Waals surface area contributed by atoms with Crippen molar-refractivity contribution in [1.29, 1.82) is 0 Å². The Balaban J connectivity index is 0.000001000. The fourth-order valence-corrected chi connectivity index (χ4v) is 2.36. The Bertz CT molecular complexity index is 563. The first-order valence-electron chi connectivity index (χ1n) is 6.15. The molecule has 2 aromatic rings. The van der Waals surface area contributed by atoms with Crippen LogP contribution < -0.4 is 10.2 Å². The summed E-state index contributed by atoms with van der Waals surface area (Å²) >= 11 is 0. The van der Waals surface area contributed by atoms with Gasteiger partial charge in [0.1, 0.15) is 5.82 Å². The van der Waals surface area contributed by atoms with Gasteiger partial charge in [0.15, 0.2) is 0 Å². The Morgan fingerprint density at radius 3 is 2.65 bits per heavy atom. The first kappa shape index (κ1) is 16.6. The Hall–Kier alpha value is -1.45. The molecule has 0 fully saturated rings. The highest BCUT2D eigenvalue weighted by Crippen LogP contribution is 2.29. The highest BCUT2D eigenvalue weighted by Gasteiger charge is 2.15. The number of rotatable bonds is 2. The van der Waals surface area contributed by atoms with Gasteiger partial charge in [-0.3, -0.25) is 0 Å². The van der Waals surface area contributed by atoms with Crippen molar-refractivity contribution in [1.82, 2.24) is 0 Å². The van der Waals surface area contributed by atoms with Gasteiger partial charge < -0.3 is 10.2 Å². The molecule has 1 aliphatic heterocycles. The Kier molecular flexibility index (Phi) is 6.11. The number of hydrogen-bond acceptors (Lipinski definition) is 2. The summed E-state index contributed by atoms with van der Waals surface area (Å²) in [6.07, 6.45) is 0. The van der Waals surface area contributed by atoms with Crippen LogP contribution in [-0.2, 0) is 6.54 Å². The van der Waals surface area contributed by atoms with Crippen molar-refractivity contribution in [3.63, 3.8) is 0 Å². The van der Waals surface area contributed by atoms with Gasteiger partial charge in [-0.05, 0) is 29.8 Å². The van der Waals surface area contributed by atoms with Crippen molar-refractivity contribution in [2.45, 2.75) is 6.54 Å². The van der Waals surface area contributed by atoms with Gasteiger partial charge in [0.05, 0.1) is 11.4 Å². The standard InChI is InChI=1S/C15H15FN2.2ClH/c16-13-5-3-4-12(10-13)11-18-9-8-17-14-6-1-2-7-15(14)18;;/h1-7,10,17H,8-9,11H2;2*1H. The lowest BCUT2D eigenvalue weighted by molar-refractivity contribution is 0.624. The normalized spacial score (nSPS) is 12.6. The van der Waals surface area contributed by atoms with E-state index in [1.165, 1.54) is 11.8 Å². The molecule has 2 aromatic carbocycles. The highest BCUT2D eigenvalue weighted by atomic mass is 35.5. The second-order valence-electron chi connectivity index (χ2n) is 4.50. The maximum Gasteiger partial charge on any atom is 0.123 e. The third-order valence-corrected chi connectivity index (χ3v) is 3.20. The molecular formula is C15H17Cl2FN2. The third-order valence-electron chi connectivity index (χ3n) is 3.20. The van der Waals surface area contributed by atoms with E-state index in [9.17, 15) is 4.39 Å². The average molecular weight is 315 g/mol. The summed E-state index contributed by atoms with van der Waals surface area (Å²) in [5.41, 5.74) is 3.35. The number of para-hydroxylation sites is 2. The van der Waals surface area contributed by atoms with Crippen LogP contribution in [0.1, 0.15) is 5.56 Å². The predicted molar refractivity (Wildman–Crippen MR) is 86.9 cm³/mol. The molecule has 0 amide bonds. The lowest BCUT2D eigenvalue weighted by Gasteiger charge is -2.32. The van der Waals surface area contributed by atoms with Crippen LogP contribution in [0.25, 0.3) is 0 Å². The molecule has 108 valence electrons. The van der Waals surface area contributed by atoms with Crippen molar-refractivity contribution in [2.24, 2.45) is 0 Å². The van der Waals surface area contributed by atoms with E-state index in [-0.39, 0.29) is 30.6 Å². The highest BCUT2D eigenvalue weighted by molar-refractivity contribution is 5.85. The van der Waals surface area contributed by atoms with E-state index in [1.54, 1.807) is 12.1 Å². The average Bonchev–Trinajstić information content (AvgIpc) is 2.39. The molecule has 1 aliphatic rings. The minimum atomic E-state index is -0.170. The summed E-state index contributed by atoms with van der Waals surface area (Å²) in [6, 6.07) is 15.0. The zero-order valence-corrected chi connectivity index (χ0v) is 12.5. The summed E-state index contributed by atoms with van der Waals surface area (Å²) in [5.74, 6) is -0.170. The molecule has 0 aliphatic carbocycles. The van der Waals surface area contributed by atoms with Crippen molar-refractivity contribution in [3.8, 4) is 0 Å². The number of anilines is 2. The molecule has 0 unspecified atom stereocenters. The van der Waals surface area contributed by atoms with E-state index in [2.05, 4.69) is 22.3 Å². The van der Waals surface area contributed by atoms with Crippen molar-refractivity contribution in [2.75, 3.05) is 23.3 Å². The first-order valence-corrected chi connectivity index (χ1v) is 6.15. The number of halogens is 3. The smallest absolute Gasteiger partial charge is 0.123 e. The second-order valence-corrected chi connectivity index (χ2v) is 4.50. The van der Waals surface area contributed by atoms with Gasteiger partial charge in [0, 0.05) is 19.6 Å². The molecule has 0 radical (unpaired) electrons. The molecule has 1 N–H and O–H groups in total. The van der Waals surface area contributed by atoms with Crippen LogP contribution in [0.4, 0.5) is 15.8 Å². The monoisotopic (exact) mass is 314 g/mol. The molecule has 0 bridgehead atoms. The van der Waals surface area contributed by atoms with E-state index in [0.717, 1.165) is 30.9 Å². The molecule has 0 atom stereocenters. The van der Waals surface area contributed by atoms with E-state index >= 15 is 0 Å². The van der Waals surface area contributed by atoms with Crippen LogP contribution in [0.3, 0.4) is 0 Å². The lowest BCUT2D eigenvalue weighted by Crippen LogP contribution is -2.33. The molecule has 20 heavy (non-hydrogen) atoms. The van der Waals surface area contributed by atoms with Gasteiger partial charge in [0.25, 0.3) is 0 Å². The largest absolute Gasteiger partial charge is 0.382 e. The number of nitrogens with zero attached hydrogens (tertiary/aromatic N) is 1. The Labute approximate surface area is 130 Å². The van der Waals surface area contributed by atoms with Crippen molar-refractivity contribution in [3.05, 3.63) is 59.9 Å². The summed E-state index contributed by atoms with van der Waals surface area (Å²) in [5, 5.41) is 3.37. The predicted octanol–water partition coefficient (Wildman–Crippen LogP) is 4.10. The van der Waals surface area contributed by atoms with E-state index in [4.69, 9.17) is 0 Å². The van der Waals surface area contributed by atoms with Crippen molar-refractivity contribution >= 4 is 36.2 Å². The summed E-state index contributed by atoms with van der Waals surface area (Å²) < 4.78 is 13.2. The molecular weight excluding hydrogens is 298 g/mol. The van der Waals surface area contributed by atoms with Gasteiger partial charge >= 0.3 is 0 Å². The molecule has 1 heterocycles. The van der Waals surface area contributed by atoms with Gasteiger partial charge in [-0.25, -0.2) is 4.39 Å². The maximum absolute atomic E-state index is 13.2. The van der Waals surface area contributed by atoms with Crippen LogP contribution >= 0.6 is 24.8 Å². The minimum Gasteiger partial charge on any atom is -0.382 e. The van der Waals surface area contributed by atoms with Gasteiger partial charge in [-0.2, -0.15) is 0 Å². The zero-order valence-electron chi connectivity index (χ0n) is 10.9. The molecule has 0 aromatic heterocycles. The summed E-state index contributed by atoms with van der Waals surface area (Å²) in [4.78, 5) is 2.28. The fraction of sp³-hybridized carbons (Fsp3) is 0.200. The quantitative estimate of drug-likeness (QED) is 0.897. The van der Waals surface area contributed by atoms with E-state index < -0.39 is 0 Å². The van der Waals surface area contributed by atoms with Gasteiger partial charge in [-0.1, -0.05) is 24.3 Å². The van der Waals surface area contributed by atoms with E-state index in [1.807, 2.05) is 18.2 Å². The summed E-state index contributed by atoms with van der Waals surface area (Å²) in [6.45, 7) is 2.61. The van der Waals surface area contributed by atoms with E-state index in [0.29, 0.717) is 0 Å². The topological polar surface area (TPSA) is 15.3 Å². The number of nitrogens with one attached hydrogen (secondary N) is 1. The molecule has 5 heteroatoms. The number of hydrogen-bond donors (Lipinski definition) is 1. The van der Waals surface area contributed by atoms with Crippen LogP contribution in [0.15, 0.2) is 48.5 Å². The Morgan fingerprint density at radius 2 is 1.85 bits per heavy atom. The molecule has 0 saturated heterocycles. The minimum absolute atomic E-state index is 0. The number of fused-ring (bicyclic) bond motifs is 1. The van der Waals surface area contributed by atoms with Gasteiger partial charge in [0.2, 0.25) is 0 Å². The van der Waals surface area contributed by atoms with Crippen LogP contribution in [0.5, 0.6) is 0 Å². The van der Waals surface area contributed by atoms with Crippen LogP contribution in [-0.4, -0.2) is 13.1 Å². The molecule has 0 spiro atoms. The second kappa shape index (κ2) is 7.36. The molecule has 3 rings (SSSR count). The lowest BCUT2D eigenvalue weighted by atomic mass is 10.1. The first-order chi connectivity index (χ1) is 8.83. The third kappa shape index (κ3) is 3.56. The SMILES string of the molecule is Cl.Cl.Fc1cccc(CN2CCNc3ccccc32)c1. The number of benzene rings is 2. The Morgan fingerprint density at radius 1 is 1.05 bits per heavy atom. The fourth-order valence-electron chi connectivity index (χ4n) is 2.36. The zero-order chi connectivity index (χ0) is 12.4. The van der Waals surface area contributed by atoms with Crippen LogP contribution in [0.2, 0.25) is 0 Å². The van der Waals surface area contributed by atoms with Crippen molar-refractivity contribution < 1.29 is 4.39 Å². The summed E-state index contributed by atoms with van der Waals surface area (Å²) in [7, 11) is 0. The van der Waals surface area contributed by atoms with Gasteiger partial charge in [-0.15, -0.1) is 24.8 Å².